The van der Waals surface area contributed by atoms with E-state index in [9.17, 15) is 14.4 Å². The lowest BCUT2D eigenvalue weighted by Gasteiger charge is -2.10. The molecule has 0 radical (unpaired) electrons. The molecule has 0 fully saturated rings. The van der Waals surface area contributed by atoms with Crippen molar-refractivity contribution < 1.29 is 14.3 Å². The highest BCUT2D eigenvalue weighted by Crippen LogP contribution is 2.32. The van der Waals surface area contributed by atoms with Crippen LogP contribution in [0, 0.1) is 20.8 Å². The third-order valence-corrected chi connectivity index (χ3v) is 6.02. The van der Waals surface area contributed by atoms with Crippen molar-refractivity contribution in [3.63, 3.8) is 0 Å². The number of carbonyl (C=O) groups excluding carboxylic acids is 2. The van der Waals surface area contributed by atoms with Gasteiger partial charge in [0.25, 0.3) is 5.56 Å². The first kappa shape index (κ1) is 20.7. The van der Waals surface area contributed by atoms with Gasteiger partial charge in [-0.3, -0.25) is 14.2 Å². The number of aromatic nitrogens is 3. The zero-order valence-electron chi connectivity index (χ0n) is 17.5. The van der Waals surface area contributed by atoms with Crippen LogP contribution in [0.3, 0.4) is 0 Å². The molecule has 0 saturated carbocycles. The quantitative estimate of drug-likeness (QED) is 0.492. The van der Waals surface area contributed by atoms with Gasteiger partial charge in [0.2, 0.25) is 5.91 Å². The summed E-state index contributed by atoms with van der Waals surface area (Å²) in [6.45, 7) is 5.42. The normalized spacial score (nSPS) is 11.1. The largest absolute Gasteiger partial charge is 0.465 e. The molecule has 0 spiro atoms. The lowest BCUT2D eigenvalue weighted by molar-refractivity contribution is -0.116. The number of fused-ring (bicyclic) bond motifs is 3. The summed E-state index contributed by atoms with van der Waals surface area (Å²) in [6.07, 6.45) is 0. The molecule has 0 saturated heterocycles. The maximum Gasteiger partial charge on any atom is 0.337 e. The van der Waals surface area contributed by atoms with Gasteiger partial charge in [-0.05, 0) is 56.7 Å². The molecular weight excluding hydrogens is 416 g/mol. The topological polar surface area (TPSA) is 103 Å². The molecule has 9 heteroatoms. The number of aryl methyl sites for hydroxylation is 3. The molecular formula is C22H20N4O4S. The highest BCUT2D eigenvalue weighted by atomic mass is 32.1. The van der Waals surface area contributed by atoms with Crippen molar-refractivity contribution in [3.8, 4) is 0 Å². The molecule has 4 rings (SSSR count). The number of anilines is 1. The molecule has 158 valence electrons. The smallest absolute Gasteiger partial charge is 0.337 e. The predicted octanol–water partition coefficient (Wildman–Crippen LogP) is 3.36. The second-order valence-corrected chi connectivity index (χ2v) is 8.21. The van der Waals surface area contributed by atoms with Crippen LogP contribution >= 0.6 is 11.3 Å². The van der Waals surface area contributed by atoms with E-state index in [4.69, 9.17) is 0 Å². The predicted molar refractivity (Wildman–Crippen MR) is 120 cm³/mol. The van der Waals surface area contributed by atoms with E-state index in [0.29, 0.717) is 27.3 Å². The van der Waals surface area contributed by atoms with Crippen LogP contribution in [0.2, 0.25) is 0 Å². The fourth-order valence-corrected chi connectivity index (χ4v) is 4.69. The SMILES string of the molecule is COC(=O)c1ccc(NC(=O)Cn2c(C)nc3c(sc4nc(C)cc(C)c43)c2=O)cc1. The molecule has 0 bridgehead atoms. The van der Waals surface area contributed by atoms with E-state index >= 15 is 0 Å². The van der Waals surface area contributed by atoms with Gasteiger partial charge < -0.3 is 10.1 Å². The van der Waals surface area contributed by atoms with Crippen molar-refractivity contribution in [1.82, 2.24) is 14.5 Å². The van der Waals surface area contributed by atoms with Crippen molar-refractivity contribution in [1.29, 1.82) is 0 Å². The van der Waals surface area contributed by atoms with Crippen LogP contribution in [0.4, 0.5) is 5.69 Å². The minimum Gasteiger partial charge on any atom is -0.465 e. The van der Waals surface area contributed by atoms with E-state index in [-0.39, 0.29) is 18.0 Å². The standard InChI is InChI=1S/C22H20N4O4S/c1-11-9-12(2)23-20-17(11)18-19(31-20)21(28)26(13(3)24-18)10-16(27)25-15-7-5-14(6-8-15)22(29)30-4/h5-9H,10H2,1-4H3,(H,25,27). The van der Waals surface area contributed by atoms with Gasteiger partial charge in [0.1, 0.15) is 21.9 Å². The number of hydrogen-bond acceptors (Lipinski definition) is 7. The maximum atomic E-state index is 13.1. The number of thiophene rings is 1. The molecule has 1 amide bonds. The van der Waals surface area contributed by atoms with Crippen LogP contribution in [-0.4, -0.2) is 33.5 Å². The summed E-state index contributed by atoms with van der Waals surface area (Å²) in [5.41, 5.74) is 3.15. The third-order valence-electron chi connectivity index (χ3n) is 4.96. The molecule has 31 heavy (non-hydrogen) atoms. The number of ether oxygens (including phenoxy) is 1. The summed E-state index contributed by atoms with van der Waals surface area (Å²) in [4.78, 5) is 47.1. The van der Waals surface area contributed by atoms with Crippen LogP contribution in [0.1, 0.15) is 27.4 Å². The number of carbonyl (C=O) groups is 2. The van der Waals surface area contributed by atoms with Gasteiger partial charge in [-0.25, -0.2) is 14.8 Å². The zero-order chi connectivity index (χ0) is 22.3. The fraction of sp³-hybridized carbons (Fsp3) is 0.227. The van der Waals surface area contributed by atoms with E-state index in [0.717, 1.165) is 21.5 Å². The van der Waals surface area contributed by atoms with Crippen LogP contribution in [-0.2, 0) is 16.1 Å². The molecule has 1 N–H and O–H groups in total. The maximum absolute atomic E-state index is 13.1. The first-order valence-electron chi connectivity index (χ1n) is 9.54. The van der Waals surface area contributed by atoms with Crippen molar-refractivity contribution in [3.05, 3.63) is 63.3 Å². The Kier molecular flexibility index (Phi) is 5.28. The lowest BCUT2D eigenvalue weighted by Crippen LogP contribution is -2.29. The highest BCUT2D eigenvalue weighted by Gasteiger charge is 2.18. The Morgan fingerprint density at radius 1 is 1.13 bits per heavy atom. The van der Waals surface area contributed by atoms with E-state index in [1.54, 1.807) is 31.2 Å². The van der Waals surface area contributed by atoms with Crippen molar-refractivity contribution in [2.24, 2.45) is 0 Å². The van der Waals surface area contributed by atoms with Crippen LogP contribution in [0.5, 0.6) is 0 Å². The molecule has 0 unspecified atom stereocenters. The van der Waals surface area contributed by atoms with E-state index < -0.39 is 5.97 Å². The van der Waals surface area contributed by atoms with Gasteiger partial charge in [-0.15, -0.1) is 11.3 Å². The molecule has 3 heterocycles. The number of nitrogens with one attached hydrogen (secondary N) is 1. The monoisotopic (exact) mass is 436 g/mol. The van der Waals surface area contributed by atoms with Crippen molar-refractivity contribution in [2.45, 2.75) is 27.3 Å². The number of hydrogen-bond donors (Lipinski definition) is 1. The molecule has 3 aromatic heterocycles. The van der Waals surface area contributed by atoms with E-state index in [1.165, 1.54) is 23.0 Å². The summed E-state index contributed by atoms with van der Waals surface area (Å²) in [5.74, 6) is -0.375. The Balaban J connectivity index is 1.64. The van der Waals surface area contributed by atoms with E-state index in [1.807, 2.05) is 19.9 Å². The number of nitrogens with zero attached hydrogens (tertiary/aromatic N) is 3. The third kappa shape index (κ3) is 3.79. The fourth-order valence-electron chi connectivity index (χ4n) is 3.50. The molecule has 0 atom stereocenters. The Labute approximate surface area is 181 Å². The first-order valence-corrected chi connectivity index (χ1v) is 10.4. The van der Waals surface area contributed by atoms with Crippen LogP contribution in [0.25, 0.3) is 20.4 Å². The Hall–Kier alpha value is -3.59. The number of rotatable bonds is 4. The first-order chi connectivity index (χ1) is 14.8. The van der Waals surface area contributed by atoms with Gasteiger partial charge in [-0.1, -0.05) is 0 Å². The van der Waals surface area contributed by atoms with Crippen molar-refractivity contribution in [2.75, 3.05) is 12.4 Å². The summed E-state index contributed by atoms with van der Waals surface area (Å²) in [5, 5.41) is 3.62. The molecule has 1 aromatic carbocycles. The lowest BCUT2D eigenvalue weighted by atomic mass is 10.1. The number of methoxy groups -OCH3 is 1. The molecule has 0 aliphatic rings. The van der Waals surface area contributed by atoms with Gasteiger partial charge in [-0.2, -0.15) is 0 Å². The summed E-state index contributed by atoms with van der Waals surface area (Å²) < 4.78 is 6.50. The molecule has 4 aromatic rings. The Morgan fingerprint density at radius 3 is 2.52 bits per heavy atom. The average molecular weight is 436 g/mol. The van der Waals surface area contributed by atoms with Crippen LogP contribution in [0.15, 0.2) is 35.1 Å². The molecule has 0 aliphatic carbocycles. The number of amides is 1. The second-order valence-electron chi connectivity index (χ2n) is 7.21. The Bertz CT molecular complexity index is 1400. The summed E-state index contributed by atoms with van der Waals surface area (Å²) in [7, 11) is 1.30. The van der Waals surface area contributed by atoms with Crippen molar-refractivity contribution >= 4 is 49.3 Å². The summed E-state index contributed by atoms with van der Waals surface area (Å²) >= 11 is 1.29. The van der Waals surface area contributed by atoms with E-state index in [2.05, 4.69) is 20.0 Å². The zero-order valence-corrected chi connectivity index (χ0v) is 18.3. The highest BCUT2D eigenvalue weighted by molar-refractivity contribution is 7.25. The number of pyridine rings is 1. The minimum absolute atomic E-state index is 0.175. The number of esters is 1. The molecule has 0 aliphatic heterocycles. The summed E-state index contributed by atoms with van der Waals surface area (Å²) in [6, 6.07) is 8.28. The Morgan fingerprint density at radius 2 is 1.84 bits per heavy atom. The van der Waals surface area contributed by atoms with Gasteiger partial charge >= 0.3 is 5.97 Å². The van der Waals surface area contributed by atoms with Crippen LogP contribution < -0.4 is 10.9 Å². The second kappa shape index (κ2) is 7.92. The molecule has 8 nitrogen and oxygen atoms in total. The minimum atomic E-state index is -0.456. The average Bonchev–Trinajstić information content (AvgIpc) is 3.09. The van der Waals surface area contributed by atoms with Gasteiger partial charge in [0.05, 0.1) is 18.2 Å². The number of benzene rings is 1. The van der Waals surface area contributed by atoms with Gasteiger partial charge in [0, 0.05) is 16.8 Å². The van der Waals surface area contributed by atoms with Gasteiger partial charge in [0.15, 0.2) is 0 Å².